The second-order valence-electron chi connectivity index (χ2n) is 4.18. The number of hydrogen-bond donors (Lipinski definition) is 2. The summed E-state index contributed by atoms with van der Waals surface area (Å²) in [7, 11) is 0. The molecule has 4 nitrogen and oxygen atoms in total. The summed E-state index contributed by atoms with van der Waals surface area (Å²) >= 11 is 0. The molecular weight excluding hydrogens is 231 g/mol. The van der Waals surface area contributed by atoms with E-state index in [1.807, 2.05) is 0 Å². The third kappa shape index (κ3) is 14.3. The van der Waals surface area contributed by atoms with Gasteiger partial charge in [0.25, 0.3) is 0 Å². The Morgan fingerprint density at radius 1 is 0.941 bits per heavy atom. The number of carboxylic acids is 1. The number of rotatable bonds is 11. The standard InChI is InChI=1S/C12H24O4.Na/c13-10-8-6-4-2-1-3-5-7-9-11(14)12(15)16;/h11,13-14H,1-10H2,(H,15,16);/q;+1/p-1. The average Bonchev–Trinajstić information content (AvgIpc) is 2.26. The molecule has 1 atom stereocenters. The van der Waals surface area contributed by atoms with Crippen molar-refractivity contribution in [1.82, 2.24) is 0 Å². The van der Waals surface area contributed by atoms with Gasteiger partial charge >= 0.3 is 29.6 Å². The third-order valence-corrected chi connectivity index (χ3v) is 2.66. The van der Waals surface area contributed by atoms with Crippen molar-refractivity contribution in [1.29, 1.82) is 0 Å². The monoisotopic (exact) mass is 254 g/mol. The maximum absolute atomic E-state index is 10.2. The fraction of sp³-hybridized carbons (Fsp3) is 0.917. The summed E-state index contributed by atoms with van der Waals surface area (Å²) in [6.45, 7) is 0.279. The number of carbonyl (C=O) groups is 1. The number of aliphatic hydroxyl groups excluding tert-OH is 2. The smallest absolute Gasteiger partial charge is 0.547 e. The normalized spacial score (nSPS) is 11.9. The van der Waals surface area contributed by atoms with E-state index in [0.29, 0.717) is 6.42 Å². The SMILES string of the molecule is O=C([O-])C(O)CCCCCCCCCCO.[Na+]. The molecule has 0 heterocycles. The van der Waals surface area contributed by atoms with Gasteiger partial charge in [0.2, 0.25) is 0 Å². The van der Waals surface area contributed by atoms with Gasteiger partial charge in [-0.05, 0) is 12.8 Å². The molecular formula is C12H23NaO4. The van der Waals surface area contributed by atoms with Crippen molar-refractivity contribution in [2.24, 2.45) is 0 Å². The molecule has 0 aromatic rings. The molecule has 0 fully saturated rings. The minimum atomic E-state index is -1.37. The summed E-state index contributed by atoms with van der Waals surface area (Å²) in [4.78, 5) is 10.2. The van der Waals surface area contributed by atoms with E-state index in [0.717, 1.165) is 44.9 Å². The maximum Gasteiger partial charge on any atom is 1.00 e. The summed E-state index contributed by atoms with van der Waals surface area (Å²) in [5.41, 5.74) is 0. The third-order valence-electron chi connectivity index (χ3n) is 2.66. The van der Waals surface area contributed by atoms with Gasteiger partial charge in [-0.25, -0.2) is 0 Å². The van der Waals surface area contributed by atoms with Gasteiger partial charge in [-0.3, -0.25) is 0 Å². The second kappa shape index (κ2) is 14.5. The number of aliphatic carboxylic acids is 1. The minimum Gasteiger partial charge on any atom is -0.547 e. The van der Waals surface area contributed by atoms with Crippen molar-refractivity contribution >= 4 is 5.97 Å². The van der Waals surface area contributed by atoms with Gasteiger partial charge in [0.05, 0.1) is 12.1 Å². The van der Waals surface area contributed by atoms with E-state index in [1.54, 1.807) is 0 Å². The van der Waals surface area contributed by atoms with Crippen LogP contribution in [0.3, 0.4) is 0 Å². The molecule has 0 aromatic carbocycles. The first-order valence-electron chi connectivity index (χ1n) is 6.18. The van der Waals surface area contributed by atoms with Crippen LogP contribution in [-0.2, 0) is 4.79 Å². The first-order valence-corrected chi connectivity index (χ1v) is 6.18. The van der Waals surface area contributed by atoms with Crippen LogP contribution < -0.4 is 34.7 Å². The zero-order valence-corrected chi connectivity index (χ0v) is 12.9. The molecule has 0 aliphatic heterocycles. The Kier molecular flexibility index (Phi) is 16.8. The zero-order chi connectivity index (χ0) is 12.2. The Bertz CT molecular complexity index is 176. The van der Waals surface area contributed by atoms with Crippen LogP contribution >= 0.6 is 0 Å². The molecule has 0 bridgehead atoms. The van der Waals surface area contributed by atoms with E-state index >= 15 is 0 Å². The van der Waals surface area contributed by atoms with E-state index in [9.17, 15) is 9.90 Å². The van der Waals surface area contributed by atoms with Gasteiger partial charge < -0.3 is 20.1 Å². The molecule has 0 aliphatic rings. The molecule has 0 aliphatic carbocycles. The minimum absolute atomic E-state index is 0. The molecule has 0 spiro atoms. The molecule has 1 unspecified atom stereocenters. The van der Waals surface area contributed by atoms with E-state index in [4.69, 9.17) is 10.2 Å². The molecule has 5 heteroatoms. The van der Waals surface area contributed by atoms with Gasteiger partial charge in [-0.15, -0.1) is 0 Å². The van der Waals surface area contributed by atoms with Gasteiger partial charge in [-0.2, -0.15) is 0 Å². The summed E-state index contributed by atoms with van der Waals surface area (Å²) in [5, 5.41) is 27.7. The van der Waals surface area contributed by atoms with Crippen molar-refractivity contribution in [3.8, 4) is 0 Å². The summed E-state index contributed by atoms with van der Waals surface area (Å²) in [6, 6.07) is 0. The molecule has 0 rings (SSSR count). The number of unbranched alkanes of at least 4 members (excludes halogenated alkanes) is 7. The molecule has 0 saturated carbocycles. The maximum atomic E-state index is 10.2. The number of aliphatic hydroxyl groups is 2. The molecule has 0 saturated heterocycles. The molecule has 96 valence electrons. The Balaban J connectivity index is 0. The predicted octanol–water partition coefficient (Wildman–Crippen LogP) is -2.40. The molecule has 17 heavy (non-hydrogen) atoms. The fourth-order valence-corrected chi connectivity index (χ4v) is 1.63. The van der Waals surface area contributed by atoms with Crippen LogP contribution in [0.2, 0.25) is 0 Å². The van der Waals surface area contributed by atoms with E-state index in [1.165, 1.54) is 6.42 Å². The first kappa shape index (κ1) is 19.7. The van der Waals surface area contributed by atoms with Crippen LogP contribution in [0.15, 0.2) is 0 Å². The van der Waals surface area contributed by atoms with Gasteiger partial charge in [0, 0.05) is 6.61 Å². The Morgan fingerprint density at radius 3 is 1.76 bits per heavy atom. The van der Waals surface area contributed by atoms with Crippen LogP contribution in [0.4, 0.5) is 0 Å². The quantitative estimate of drug-likeness (QED) is 0.318. The molecule has 0 aromatic heterocycles. The van der Waals surface area contributed by atoms with Gasteiger partial charge in [0.15, 0.2) is 0 Å². The van der Waals surface area contributed by atoms with E-state index < -0.39 is 12.1 Å². The molecule has 0 amide bonds. The average molecular weight is 254 g/mol. The van der Waals surface area contributed by atoms with Gasteiger partial charge in [-0.1, -0.05) is 44.9 Å². The van der Waals surface area contributed by atoms with Crippen LogP contribution in [0.5, 0.6) is 0 Å². The van der Waals surface area contributed by atoms with Crippen molar-refractivity contribution in [2.45, 2.75) is 63.9 Å². The van der Waals surface area contributed by atoms with Crippen LogP contribution in [0.1, 0.15) is 57.8 Å². The summed E-state index contributed by atoms with van der Waals surface area (Å²) < 4.78 is 0. The van der Waals surface area contributed by atoms with Crippen LogP contribution in [-0.4, -0.2) is 28.9 Å². The zero-order valence-electron chi connectivity index (χ0n) is 10.9. The number of carbonyl (C=O) groups excluding carboxylic acids is 1. The van der Waals surface area contributed by atoms with E-state index in [-0.39, 0.29) is 36.2 Å². The van der Waals surface area contributed by atoms with Crippen LogP contribution in [0, 0.1) is 0 Å². The molecule has 2 N–H and O–H groups in total. The predicted molar refractivity (Wildman–Crippen MR) is 59.7 cm³/mol. The second-order valence-corrected chi connectivity index (χ2v) is 4.18. The largest absolute Gasteiger partial charge is 1.00 e. The topological polar surface area (TPSA) is 80.6 Å². The fourth-order valence-electron chi connectivity index (χ4n) is 1.63. The van der Waals surface area contributed by atoms with Gasteiger partial charge in [0.1, 0.15) is 0 Å². The molecule has 0 radical (unpaired) electrons. The van der Waals surface area contributed by atoms with Crippen molar-refractivity contribution in [3.05, 3.63) is 0 Å². The Morgan fingerprint density at radius 2 is 1.35 bits per heavy atom. The van der Waals surface area contributed by atoms with Crippen molar-refractivity contribution in [3.63, 3.8) is 0 Å². The first-order chi connectivity index (χ1) is 7.68. The summed E-state index contributed by atoms with van der Waals surface area (Å²) in [6.07, 6.45) is 7.22. The Hall–Kier alpha value is 0.390. The summed E-state index contributed by atoms with van der Waals surface area (Å²) in [5.74, 6) is -1.37. The van der Waals surface area contributed by atoms with Crippen molar-refractivity contribution < 1.29 is 49.7 Å². The number of hydrogen-bond acceptors (Lipinski definition) is 4. The number of carboxylic acid groups (broad SMARTS) is 1. The van der Waals surface area contributed by atoms with Crippen molar-refractivity contribution in [2.75, 3.05) is 6.61 Å². The Labute approximate surface area is 126 Å². The van der Waals surface area contributed by atoms with Crippen LogP contribution in [0.25, 0.3) is 0 Å². The van der Waals surface area contributed by atoms with E-state index in [2.05, 4.69) is 0 Å².